The van der Waals surface area contributed by atoms with E-state index in [1.165, 1.54) is 0 Å². The van der Waals surface area contributed by atoms with Gasteiger partial charge in [-0.2, -0.15) is 0 Å². The summed E-state index contributed by atoms with van der Waals surface area (Å²) in [6, 6.07) is 15.0. The zero-order chi connectivity index (χ0) is 13.8. The third-order valence-electron chi connectivity index (χ3n) is 3.06. The van der Waals surface area contributed by atoms with Crippen molar-refractivity contribution in [1.82, 2.24) is 5.43 Å². The fourth-order valence-corrected chi connectivity index (χ4v) is 1.96. The van der Waals surface area contributed by atoms with Gasteiger partial charge in [-0.3, -0.25) is 0 Å². The van der Waals surface area contributed by atoms with E-state index in [-0.39, 0.29) is 0 Å². The lowest BCUT2D eigenvalue weighted by molar-refractivity contribution is -0.550. The van der Waals surface area contributed by atoms with E-state index in [2.05, 4.69) is 5.43 Å². The summed E-state index contributed by atoms with van der Waals surface area (Å²) in [4.78, 5) is 10.8. The van der Waals surface area contributed by atoms with E-state index in [1.54, 1.807) is 0 Å². The second-order valence-electron chi connectivity index (χ2n) is 4.64. The highest BCUT2D eigenvalue weighted by Crippen LogP contribution is 2.22. The van der Waals surface area contributed by atoms with Crippen LogP contribution in [0.4, 0.5) is 0 Å². The van der Waals surface area contributed by atoms with Gasteiger partial charge in [-0.25, -0.2) is 10.1 Å². The Balaban J connectivity index is 2.37. The van der Waals surface area contributed by atoms with Crippen LogP contribution in [0.1, 0.15) is 28.3 Å². The minimum absolute atomic E-state index is 0.434. The summed E-state index contributed by atoms with van der Waals surface area (Å²) < 4.78 is 0. The second-order valence-corrected chi connectivity index (χ2v) is 4.64. The fraction of sp³-hybridized carbons (Fsp3) is 0.200. The number of nitrogens with zero attached hydrogens (tertiary/aromatic N) is 1. The molecule has 0 aliphatic heterocycles. The van der Waals surface area contributed by atoms with Gasteiger partial charge in [0, 0.05) is 0 Å². The first-order valence-corrected chi connectivity index (χ1v) is 6.10. The second kappa shape index (κ2) is 5.52. The van der Waals surface area contributed by atoms with E-state index in [9.17, 15) is 10.1 Å². The van der Waals surface area contributed by atoms with Gasteiger partial charge in [-0.1, -0.05) is 59.7 Å². The van der Waals surface area contributed by atoms with Crippen LogP contribution < -0.4 is 5.43 Å². The molecule has 0 heterocycles. The minimum Gasteiger partial charge on any atom is -0.235 e. The van der Waals surface area contributed by atoms with Crippen molar-refractivity contribution in [3.05, 3.63) is 80.9 Å². The molecule has 0 aliphatic rings. The lowest BCUT2D eigenvalue weighted by Crippen LogP contribution is -2.28. The van der Waals surface area contributed by atoms with Gasteiger partial charge in [0.05, 0.1) is 0 Å². The van der Waals surface area contributed by atoms with Crippen LogP contribution in [0.3, 0.4) is 0 Å². The zero-order valence-electron chi connectivity index (χ0n) is 11.0. The van der Waals surface area contributed by atoms with Crippen molar-refractivity contribution in [2.45, 2.75) is 19.9 Å². The van der Waals surface area contributed by atoms with E-state index >= 15 is 0 Å². The first kappa shape index (κ1) is 13.1. The fourth-order valence-electron chi connectivity index (χ4n) is 1.96. The van der Waals surface area contributed by atoms with E-state index < -0.39 is 11.1 Å². The SMILES string of the molecule is Cc1ccc(C(N[N+](=O)[O-])c2ccc(C)cc2)cc1. The lowest BCUT2D eigenvalue weighted by atomic mass is 9.98. The van der Waals surface area contributed by atoms with E-state index in [4.69, 9.17) is 0 Å². The molecule has 0 saturated carbocycles. The van der Waals surface area contributed by atoms with Gasteiger partial charge >= 0.3 is 0 Å². The Labute approximate surface area is 112 Å². The Morgan fingerprint density at radius 3 is 1.58 bits per heavy atom. The monoisotopic (exact) mass is 256 g/mol. The van der Waals surface area contributed by atoms with Crippen LogP contribution in [0.25, 0.3) is 0 Å². The van der Waals surface area contributed by atoms with Gasteiger partial charge in [0.1, 0.15) is 6.04 Å². The van der Waals surface area contributed by atoms with Crippen molar-refractivity contribution >= 4 is 0 Å². The standard InChI is InChI=1S/C15H16N2O2/c1-11-3-7-13(8-4-11)15(16-17(18)19)14-9-5-12(2)6-10-14/h3-10,15-16H,1-2H3. The van der Waals surface area contributed by atoms with Crippen LogP contribution in [-0.4, -0.2) is 5.03 Å². The normalized spacial score (nSPS) is 10.5. The van der Waals surface area contributed by atoms with Crippen LogP contribution in [0.2, 0.25) is 0 Å². The molecule has 2 aromatic carbocycles. The highest BCUT2D eigenvalue weighted by Gasteiger charge is 2.18. The van der Waals surface area contributed by atoms with Crippen LogP contribution in [0, 0.1) is 24.0 Å². The predicted molar refractivity (Wildman–Crippen MR) is 74.3 cm³/mol. The Morgan fingerprint density at radius 1 is 0.895 bits per heavy atom. The summed E-state index contributed by atoms with van der Waals surface area (Å²) in [6.07, 6.45) is 0. The summed E-state index contributed by atoms with van der Waals surface area (Å²) >= 11 is 0. The molecule has 4 heteroatoms. The summed E-state index contributed by atoms with van der Waals surface area (Å²) in [7, 11) is 0. The minimum atomic E-state index is -0.496. The van der Waals surface area contributed by atoms with E-state index in [0.717, 1.165) is 22.3 Å². The van der Waals surface area contributed by atoms with Gasteiger partial charge in [0.15, 0.2) is 5.03 Å². The quantitative estimate of drug-likeness (QED) is 0.675. The number of hydrazine groups is 1. The number of aryl methyl sites for hydroxylation is 2. The molecule has 0 saturated heterocycles. The van der Waals surface area contributed by atoms with Crippen molar-refractivity contribution in [3.8, 4) is 0 Å². The molecule has 98 valence electrons. The summed E-state index contributed by atoms with van der Waals surface area (Å²) in [5, 5.41) is 10.3. The molecule has 0 bridgehead atoms. The van der Waals surface area contributed by atoms with Gasteiger partial charge in [0.2, 0.25) is 0 Å². The smallest absolute Gasteiger partial charge is 0.158 e. The molecule has 0 fully saturated rings. The number of hydrogen-bond acceptors (Lipinski definition) is 2. The highest BCUT2D eigenvalue weighted by molar-refractivity contribution is 5.34. The predicted octanol–water partition coefficient (Wildman–Crippen LogP) is 3.17. The molecule has 2 aromatic rings. The Bertz CT molecular complexity index is 516. The van der Waals surface area contributed by atoms with Crippen LogP contribution in [0.5, 0.6) is 0 Å². The van der Waals surface area contributed by atoms with Crippen molar-refractivity contribution in [3.63, 3.8) is 0 Å². The third-order valence-corrected chi connectivity index (χ3v) is 3.06. The average molecular weight is 256 g/mol. The van der Waals surface area contributed by atoms with Gasteiger partial charge in [-0.15, -0.1) is 5.43 Å². The molecule has 2 rings (SSSR count). The van der Waals surface area contributed by atoms with E-state index in [1.807, 2.05) is 62.4 Å². The molecule has 0 spiro atoms. The number of benzene rings is 2. The third kappa shape index (κ3) is 3.31. The van der Waals surface area contributed by atoms with Crippen molar-refractivity contribution in [2.24, 2.45) is 0 Å². The van der Waals surface area contributed by atoms with Crippen molar-refractivity contribution in [2.75, 3.05) is 0 Å². The van der Waals surface area contributed by atoms with Gasteiger partial charge < -0.3 is 0 Å². The number of rotatable bonds is 4. The largest absolute Gasteiger partial charge is 0.235 e. The zero-order valence-corrected chi connectivity index (χ0v) is 11.0. The summed E-state index contributed by atoms with van der Waals surface area (Å²) in [5.74, 6) is 0. The maximum absolute atomic E-state index is 10.8. The number of hydrogen-bond donors (Lipinski definition) is 1. The maximum Gasteiger partial charge on any atom is 0.158 e. The molecule has 0 aromatic heterocycles. The Kier molecular flexibility index (Phi) is 3.80. The van der Waals surface area contributed by atoms with Gasteiger partial charge in [0.25, 0.3) is 0 Å². The molecule has 0 amide bonds. The van der Waals surface area contributed by atoms with Crippen molar-refractivity contribution in [1.29, 1.82) is 0 Å². The maximum atomic E-state index is 10.8. The Morgan fingerprint density at radius 2 is 1.26 bits per heavy atom. The van der Waals surface area contributed by atoms with Crippen molar-refractivity contribution < 1.29 is 5.03 Å². The van der Waals surface area contributed by atoms with Crippen LogP contribution in [0.15, 0.2) is 48.5 Å². The molecular formula is C15H16N2O2. The van der Waals surface area contributed by atoms with Gasteiger partial charge in [-0.05, 0) is 25.0 Å². The molecule has 1 N–H and O–H groups in total. The average Bonchev–Trinajstić information content (AvgIpc) is 2.38. The molecule has 0 aliphatic carbocycles. The number of nitro groups is 1. The van der Waals surface area contributed by atoms with E-state index in [0.29, 0.717) is 0 Å². The molecule has 0 radical (unpaired) electrons. The molecule has 0 unspecified atom stereocenters. The lowest BCUT2D eigenvalue weighted by Gasteiger charge is -2.15. The summed E-state index contributed by atoms with van der Waals surface area (Å²) in [5.41, 5.74) is 6.40. The molecule has 19 heavy (non-hydrogen) atoms. The molecular weight excluding hydrogens is 240 g/mol. The first-order chi connectivity index (χ1) is 9.06. The summed E-state index contributed by atoms with van der Waals surface area (Å²) in [6.45, 7) is 3.98. The number of nitrogens with one attached hydrogen (secondary N) is 1. The first-order valence-electron chi connectivity index (χ1n) is 6.10. The molecule has 4 nitrogen and oxygen atoms in total. The highest BCUT2D eigenvalue weighted by atomic mass is 16.7. The Hall–Kier alpha value is -2.36. The van der Waals surface area contributed by atoms with Crippen LogP contribution in [-0.2, 0) is 0 Å². The van der Waals surface area contributed by atoms with Crippen LogP contribution >= 0.6 is 0 Å². The topological polar surface area (TPSA) is 55.2 Å². The molecule has 0 atom stereocenters.